The molecule has 0 saturated carbocycles. The molecule has 1 rings (SSSR count). The number of aliphatic hydroxyl groups is 1. The predicted octanol–water partition coefficient (Wildman–Crippen LogP) is 0.826. The Bertz CT molecular complexity index is 381. The first-order valence-electron chi connectivity index (χ1n) is 6.65. The van der Waals surface area contributed by atoms with E-state index in [4.69, 9.17) is 15.7 Å². The molecule has 20 heavy (non-hydrogen) atoms. The zero-order valence-electron chi connectivity index (χ0n) is 11.8. The van der Waals surface area contributed by atoms with Crippen molar-refractivity contribution in [2.75, 3.05) is 42.0 Å². The minimum Gasteiger partial charge on any atom is -0.396 e. The molecule has 0 spiro atoms. The molecule has 0 atom stereocenters. The highest BCUT2D eigenvalue weighted by Gasteiger charge is 2.04. The van der Waals surface area contributed by atoms with Crippen molar-refractivity contribution in [3.63, 3.8) is 0 Å². The van der Waals surface area contributed by atoms with Gasteiger partial charge in [-0.1, -0.05) is 0 Å². The summed E-state index contributed by atoms with van der Waals surface area (Å²) in [5, 5.41) is 11.9. The molecule has 1 heterocycles. The second-order valence-electron chi connectivity index (χ2n) is 3.95. The molecule has 5 N–H and O–H groups in total. The van der Waals surface area contributed by atoms with E-state index in [0.717, 1.165) is 30.3 Å². The van der Waals surface area contributed by atoms with Crippen LogP contribution in [0.1, 0.15) is 19.2 Å². The fourth-order valence-electron chi connectivity index (χ4n) is 1.44. The first-order chi connectivity index (χ1) is 9.80. The fourth-order valence-corrected chi connectivity index (χ4v) is 2.22. The summed E-state index contributed by atoms with van der Waals surface area (Å²) in [7, 11) is 0. The fraction of sp³-hybridized carbons (Fsp3) is 0.667. The highest BCUT2D eigenvalue weighted by atomic mass is 32.2. The third-order valence-electron chi connectivity index (χ3n) is 2.35. The number of aromatic nitrogens is 2. The number of nitrogens with zero attached hydrogens (tertiary/aromatic N) is 2. The molecule has 0 saturated heterocycles. The van der Waals surface area contributed by atoms with Crippen LogP contribution in [0, 0.1) is 0 Å². The van der Waals surface area contributed by atoms with Crippen molar-refractivity contribution in [2.45, 2.75) is 20.0 Å². The van der Waals surface area contributed by atoms with Gasteiger partial charge in [0.15, 0.2) is 5.82 Å². The largest absolute Gasteiger partial charge is 0.396 e. The van der Waals surface area contributed by atoms with Crippen molar-refractivity contribution in [1.29, 1.82) is 0 Å². The third-order valence-corrected chi connectivity index (χ3v) is 3.43. The van der Waals surface area contributed by atoms with Crippen LogP contribution in [0.3, 0.4) is 0 Å². The quantitative estimate of drug-likeness (QED) is 0.270. The second-order valence-corrected chi connectivity index (χ2v) is 5.18. The van der Waals surface area contributed by atoms with E-state index >= 15 is 0 Å². The highest BCUT2D eigenvalue weighted by molar-refractivity contribution is 7.99. The molecule has 0 bridgehead atoms. The maximum absolute atomic E-state index is 8.68. The average molecular weight is 301 g/mol. The van der Waals surface area contributed by atoms with E-state index in [9.17, 15) is 0 Å². The summed E-state index contributed by atoms with van der Waals surface area (Å²) in [4.78, 5) is 8.57. The Morgan fingerprint density at radius 1 is 1.35 bits per heavy atom. The van der Waals surface area contributed by atoms with Crippen molar-refractivity contribution >= 4 is 23.4 Å². The van der Waals surface area contributed by atoms with E-state index in [1.54, 1.807) is 17.8 Å². The van der Waals surface area contributed by atoms with Gasteiger partial charge in [-0.25, -0.2) is 15.8 Å². The number of anilines is 2. The van der Waals surface area contributed by atoms with E-state index < -0.39 is 0 Å². The van der Waals surface area contributed by atoms with Gasteiger partial charge in [-0.15, -0.1) is 0 Å². The SMILES string of the molecule is CCOCc1nc(NN)cc(NCCSCCCO)n1. The first kappa shape index (κ1) is 17.0. The number of nitrogens with two attached hydrogens (primary N) is 1. The molecule has 7 nitrogen and oxygen atoms in total. The van der Waals surface area contributed by atoms with Crippen LogP contribution in [0.15, 0.2) is 6.07 Å². The zero-order chi connectivity index (χ0) is 14.6. The predicted molar refractivity (Wildman–Crippen MR) is 82.7 cm³/mol. The number of thioether (sulfide) groups is 1. The number of aliphatic hydroxyl groups excluding tert-OH is 1. The zero-order valence-corrected chi connectivity index (χ0v) is 12.6. The smallest absolute Gasteiger partial charge is 0.158 e. The Hall–Kier alpha value is -1.09. The molecule has 0 amide bonds. The van der Waals surface area contributed by atoms with E-state index in [1.807, 2.05) is 6.92 Å². The summed E-state index contributed by atoms with van der Waals surface area (Å²) < 4.78 is 5.29. The van der Waals surface area contributed by atoms with Gasteiger partial charge in [-0.3, -0.25) is 0 Å². The lowest BCUT2D eigenvalue weighted by Crippen LogP contribution is -2.14. The van der Waals surface area contributed by atoms with Crippen molar-refractivity contribution in [2.24, 2.45) is 5.84 Å². The van der Waals surface area contributed by atoms with Gasteiger partial charge in [0.05, 0.1) is 0 Å². The van der Waals surface area contributed by atoms with Crippen LogP contribution < -0.4 is 16.6 Å². The molecule has 114 valence electrons. The molecule has 0 fully saturated rings. The Morgan fingerprint density at radius 2 is 2.15 bits per heavy atom. The second kappa shape index (κ2) is 10.7. The van der Waals surface area contributed by atoms with E-state index in [-0.39, 0.29) is 6.61 Å². The van der Waals surface area contributed by atoms with Crippen molar-refractivity contribution < 1.29 is 9.84 Å². The summed E-state index contributed by atoms with van der Waals surface area (Å²) in [6.45, 7) is 3.96. The van der Waals surface area contributed by atoms with Gasteiger partial charge in [0, 0.05) is 31.6 Å². The summed E-state index contributed by atoms with van der Waals surface area (Å²) in [6.07, 6.45) is 0.831. The summed E-state index contributed by atoms with van der Waals surface area (Å²) in [5.41, 5.74) is 2.52. The summed E-state index contributed by atoms with van der Waals surface area (Å²) >= 11 is 1.79. The Kier molecular flexibility index (Phi) is 9.05. The molecule has 0 radical (unpaired) electrons. The van der Waals surface area contributed by atoms with Gasteiger partial charge >= 0.3 is 0 Å². The molecule has 1 aromatic rings. The van der Waals surface area contributed by atoms with E-state index in [2.05, 4.69) is 20.7 Å². The number of hydrazine groups is 1. The Balaban J connectivity index is 2.42. The Labute approximate surface area is 123 Å². The first-order valence-corrected chi connectivity index (χ1v) is 7.80. The standard InChI is InChI=1S/C12H23N5O2S/c1-2-19-9-12-15-10(8-11(16-12)17-13)14-4-7-20-6-3-5-18/h8,18H,2-7,9,13H2,1H3,(H2,14,15,16,17). The number of nitrogen functional groups attached to an aromatic ring is 1. The number of hydrogen-bond donors (Lipinski definition) is 4. The summed E-state index contributed by atoms with van der Waals surface area (Å²) in [6, 6.07) is 1.76. The molecule has 0 aromatic carbocycles. The molecular weight excluding hydrogens is 278 g/mol. The normalized spacial score (nSPS) is 10.6. The minimum atomic E-state index is 0.249. The van der Waals surface area contributed by atoms with Crippen LogP contribution in [-0.2, 0) is 11.3 Å². The maximum Gasteiger partial charge on any atom is 0.158 e. The average Bonchev–Trinajstić information content (AvgIpc) is 2.48. The lowest BCUT2D eigenvalue weighted by atomic mass is 10.5. The van der Waals surface area contributed by atoms with Gasteiger partial charge in [0.1, 0.15) is 18.2 Å². The van der Waals surface area contributed by atoms with Gasteiger partial charge in [0.2, 0.25) is 0 Å². The van der Waals surface area contributed by atoms with Crippen molar-refractivity contribution in [1.82, 2.24) is 9.97 Å². The van der Waals surface area contributed by atoms with Crippen LogP contribution in [-0.4, -0.2) is 46.3 Å². The van der Waals surface area contributed by atoms with Gasteiger partial charge in [-0.2, -0.15) is 11.8 Å². The van der Waals surface area contributed by atoms with Crippen LogP contribution in [0.5, 0.6) is 0 Å². The number of hydrogen-bond acceptors (Lipinski definition) is 8. The summed E-state index contributed by atoms with van der Waals surface area (Å²) in [5.74, 6) is 9.19. The van der Waals surface area contributed by atoms with Gasteiger partial charge < -0.3 is 20.6 Å². The van der Waals surface area contributed by atoms with E-state index in [1.165, 1.54) is 0 Å². The molecule has 0 aliphatic carbocycles. The van der Waals surface area contributed by atoms with Crippen molar-refractivity contribution in [3.8, 4) is 0 Å². The van der Waals surface area contributed by atoms with Crippen LogP contribution in [0.2, 0.25) is 0 Å². The van der Waals surface area contributed by atoms with Crippen LogP contribution in [0.4, 0.5) is 11.6 Å². The molecule has 0 unspecified atom stereocenters. The topological polar surface area (TPSA) is 105 Å². The van der Waals surface area contributed by atoms with Crippen molar-refractivity contribution in [3.05, 3.63) is 11.9 Å². The Morgan fingerprint density at radius 3 is 2.85 bits per heavy atom. The molecule has 0 aliphatic heterocycles. The monoisotopic (exact) mass is 301 g/mol. The number of rotatable bonds is 11. The molecular formula is C12H23N5O2S. The van der Waals surface area contributed by atoms with Gasteiger partial charge in [0.25, 0.3) is 0 Å². The van der Waals surface area contributed by atoms with Gasteiger partial charge in [-0.05, 0) is 19.1 Å². The minimum absolute atomic E-state index is 0.249. The number of nitrogens with one attached hydrogen (secondary N) is 2. The maximum atomic E-state index is 8.68. The lowest BCUT2D eigenvalue weighted by molar-refractivity contribution is 0.128. The third kappa shape index (κ3) is 6.90. The molecule has 8 heteroatoms. The number of ether oxygens (including phenoxy) is 1. The van der Waals surface area contributed by atoms with E-state index in [0.29, 0.717) is 24.9 Å². The molecule has 0 aliphatic rings. The van der Waals surface area contributed by atoms with Crippen LogP contribution >= 0.6 is 11.8 Å². The van der Waals surface area contributed by atoms with Crippen LogP contribution in [0.25, 0.3) is 0 Å². The highest BCUT2D eigenvalue weighted by Crippen LogP contribution is 2.11. The molecule has 1 aromatic heterocycles. The lowest BCUT2D eigenvalue weighted by Gasteiger charge is -2.09.